The number of carbonyl (C=O) groups excluding carboxylic acids is 1. The number of methoxy groups -OCH3 is 1. The van der Waals surface area contributed by atoms with E-state index in [4.69, 9.17) is 9.47 Å². The third-order valence-electron chi connectivity index (χ3n) is 3.54. The van der Waals surface area contributed by atoms with Crippen molar-refractivity contribution in [2.24, 2.45) is 0 Å². The van der Waals surface area contributed by atoms with Crippen LogP contribution in [0.5, 0.6) is 11.5 Å². The van der Waals surface area contributed by atoms with E-state index in [1.54, 1.807) is 7.11 Å². The van der Waals surface area contributed by atoms with Crippen molar-refractivity contribution in [2.75, 3.05) is 7.11 Å². The van der Waals surface area contributed by atoms with Crippen LogP contribution in [0, 0.1) is 0 Å². The van der Waals surface area contributed by atoms with E-state index in [9.17, 15) is 9.90 Å². The third-order valence-corrected chi connectivity index (χ3v) is 3.54. The van der Waals surface area contributed by atoms with Crippen molar-refractivity contribution in [3.8, 4) is 11.5 Å². The van der Waals surface area contributed by atoms with E-state index >= 15 is 0 Å². The molecule has 0 N–H and O–H groups in total. The average molecular weight is 313 g/mol. The maximum absolute atomic E-state index is 11.2. The zero-order valence-electron chi connectivity index (χ0n) is 13.6. The first-order valence-corrected chi connectivity index (χ1v) is 7.60. The van der Waals surface area contributed by atoms with Crippen molar-refractivity contribution in [3.05, 3.63) is 59.7 Å². The Balaban J connectivity index is 2.37. The molecule has 4 nitrogen and oxygen atoms in total. The van der Waals surface area contributed by atoms with Crippen LogP contribution in [0.3, 0.4) is 0 Å². The summed E-state index contributed by atoms with van der Waals surface area (Å²) in [6, 6.07) is 14.9. The Kier molecular flexibility index (Phi) is 5.63. The quantitative estimate of drug-likeness (QED) is 0.788. The fraction of sp³-hybridized carbons (Fsp3) is 0.316. The molecule has 0 bridgehead atoms. The number of aliphatic carboxylic acids is 1. The molecule has 1 atom stereocenters. The number of hydrogen-bond acceptors (Lipinski definition) is 4. The molecule has 122 valence electrons. The minimum absolute atomic E-state index is 0.0917. The van der Waals surface area contributed by atoms with Crippen LogP contribution in [0.25, 0.3) is 0 Å². The number of ether oxygens (including phenoxy) is 2. The topological polar surface area (TPSA) is 58.6 Å². The molecular weight excluding hydrogens is 292 g/mol. The second-order valence-electron chi connectivity index (χ2n) is 5.61. The van der Waals surface area contributed by atoms with Crippen molar-refractivity contribution in [3.63, 3.8) is 0 Å². The normalized spacial score (nSPS) is 12.0. The van der Waals surface area contributed by atoms with Gasteiger partial charge in [-0.1, -0.05) is 30.3 Å². The molecule has 4 heteroatoms. The summed E-state index contributed by atoms with van der Waals surface area (Å²) in [6.07, 6.45) is -0.0146. The summed E-state index contributed by atoms with van der Waals surface area (Å²) < 4.78 is 11.0. The van der Waals surface area contributed by atoms with Gasteiger partial charge in [-0.25, -0.2) is 0 Å². The van der Waals surface area contributed by atoms with Gasteiger partial charge in [-0.15, -0.1) is 0 Å². The highest BCUT2D eigenvalue weighted by atomic mass is 16.5. The van der Waals surface area contributed by atoms with Gasteiger partial charge in [0.15, 0.2) is 0 Å². The van der Waals surface area contributed by atoms with Crippen LogP contribution >= 0.6 is 0 Å². The van der Waals surface area contributed by atoms with Gasteiger partial charge >= 0.3 is 0 Å². The maximum atomic E-state index is 11.2. The van der Waals surface area contributed by atoms with Crippen LogP contribution in [0.4, 0.5) is 0 Å². The molecule has 2 aromatic rings. The minimum atomic E-state index is -1.09. The molecule has 0 saturated carbocycles. The molecule has 0 unspecified atom stereocenters. The van der Waals surface area contributed by atoms with Gasteiger partial charge in [-0.2, -0.15) is 0 Å². The Hall–Kier alpha value is -2.49. The van der Waals surface area contributed by atoms with Gasteiger partial charge < -0.3 is 19.4 Å². The lowest BCUT2D eigenvalue weighted by molar-refractivity contribution is -0.305. The van der Waals surface area contributed by atoms with E-state index in [0.717, 1.165) is 16.9 Å². The molecular formula is C19H21O4-. The van der Waals surface area contributed by atoms with Gasteiger partial charge in [0.1, 0.15) is 11.5 Å². The predicted octanol–water partition coefficient (Wildman–Crippen LogP) is 2.75. The molecule has 0 aromatic heterocycles. The van der Waals surface area contributed by atoms with Gasteiger partial charge in [0.25, 0.3) is 0 Å². The number of hydrogen-bond donors (Lipinski definition) is 0. The second kappa shape index (κ2) is 7.68. The number of para-hydroxylation sites is 1. The first kappa shape index (κ1) is 16.9. The zero-order chi connectivity index (χ0) is 16.8. The highest BCUT2D eigenvalue weighted by Crippen LogP contribution is 2.34. The fourth-order valence-corrected chi connectivity index (χ4v) is 2.58. The highest BCUT2D eigenvalue weighted by Gasteiger charge is 2.18. The van der Waals surface area contributed by atoms with Gasteiger partial charge in [0.2, 0.25) is 0 Å². The van der Waals surface area contributed by atoms with Crippen LogP contribution in [0.15, 0.2) is 48.5 Å². The van der Waals surface area contributed by atoms with Crippen LogP contribution in [0.1, 0.15) is 37.3 Å². The molecule has 0 saturated heterocycles. The van der Waals surface area contributed by atoms with Crippen LogP contribution in [-0.4, -0.2) is 19.2 Å². The summed E-state index contributed by atoms with van der Waals surface area (Å²) in [5, 5.41) is 11.2. The Morgan fingerprint density at radius 3 is 2.30 bits per heavy atom. The van der Waals surface area contributed by atoms with E-state index in [0.29, 0.717) is 5.75 Å². The molecule has 0 radical (unpaired) electrons. The maximum Gasteiger partial charge on any atom is 0.122 e. The smallest absolute Gasteiger partial charge is 0.122 e. The van der Waals surface area contributed by atoms with Gasteiger partial charge in [-0.3, -0.25) is 0 Å². The fourth-order valence-electron chi connectivity index (χ4n) is 2.58. The lowest BCUT2D eigenvalue weighted by atomic mass is 9.88. The second-order valence-corrected chi connectivity index (χ2v) is 5.61. The van der Waals surface area contributed by atoms with Crippen molar-refractivity contribution >= 4 is 5.97 Å². The summed E-state index contributed by atoms with van der Waals surface area (Å²) in [5.41, 5.74) is 1.71. The van der Waals surface area contributed by atoms with Crippen molar-refractivity contribution in [2.45, 2.75) is 32.3 Å². The van der Waals surface area contributed by atoms with Crippen molar-refractivity contribution in [1.29, 1.82) is 0 Å². The van der Waals surface area contributed by atoms with Gasteiger partial charge in [0.05, 0.1) is 13.2 Å². The molecule has 0 aliphatic rings. The first-order chi connectivity index (χ1) is 11.0. The molecule has 0 spiro atoms. The molecule has 2 aromatic carbocycles. The number of benzene rings is 2. The van der Waals surface area contributed by atoms with E-state index in [1.165, 1.54) is 0 Å². The standard InChI is InChI=1S/C19H22O4/c1-13(2)23-15-10-8-14(9-11-15)17(12-19(20)21)16-6-4-5-7-18(16)22-3/h4-11,13,17H,12H2,1-3H3,(H,20,21)/p-1/t17-/m1/s1. The van der Waals surface area contributed by atoms with E-state index in [-0.39, 0.29) is 18.4 Å². The highest BCUT2D eigenvalue weighted by molar-refractivity contribution is 5.67. The Morgan fingerprint density at radius 1 is 1.09 bits per heavy atom. The minimum Gasteiger partial charge on any atom is -0.550 e. The van der Waals surface area contributed by atoms with Gasteiger partial charge in [0, 0.05) is 17.5 Å². The molecule has 23 heavy (non-hydrogen) atoms. The van der Waals surface area contributed by atoms with E-state index in [2.05, 4.69) is 0 Å². The number of carboxylic acids is 1. The lowest BCUT2D eigenvalue weighted by Crippen LogP contribution is -2.25. The monoisotopic (exact) mass is 313 g/mol. The Bertz CT molecular complexity index is 647. The predicted molar refractivity (Wildman–Crippen MR) is 86.7 cm³/mol. The van der Waals surface area contributed by atoms with Crippen LogP contribution in [-0.2, 0) is 4.79 Å². The third kappa shape index (κ3) is 4.49. The Morgan fingerprint density at radius 2 is 1.74 bits per heavy atom. The van der Waals surface area contributed by atoms with Crippen molar-refractivity contribution in [1.82, 2.24) is 0 Å². The molecule has 0 heterocycles. The zero-order valence-corrected chi connectivity index (χ0v) is 13.6. The number of carbonyl (C=O) groups is 1. The Labute approximate surface area is 136 Å². The number of rotatable bonds is 7. The van der Waals surface area contributed by atoms with E-state index < -0.39 is 5.97 Å². The molecule has 0 aliphatic carbocycles. The SMILES string of the molecule is COc1ccccc1[C@H](CC(=O)[O-])c1ccc(OC(C)C)cc1. The van der Waals surface area contributed by atoms with Crippen LogP contribution < -0.4 is 14.6 Å². The van der Waals surface area contributed by atoms with Crippen LogP contribution in [0.2, 0.25) is 0 Å². The van der Waals surface area contributed by atoms with Crippen molar-refractivity contribution < 1.29 is 19.4 Å². The summed E-state index contributed by atoms with van der Waals surface area (Å²) >= 11 is 0. The number of carboxylic acid groups (broad SMARTS) is 1. The summed E-state index contributed by atoms with van der Waals surface area (Å²) in [4.78, 5) is 11.2. The summed E-state index contributed by atoms with van der Waals surface area (Å²) in [6.45, 7) is 3.92. The molecule has 0 aliphatic heterocycles. The lowest BCUT2D eigenvalue weighted by Gasteiger charge is -2.21. The summed E-state index contributed by atoms with van der Waals surface area (Å²) in [5.74, 6) is 0.00453. The molecule has 0 amide bonds. The summed E-state index contributed by atoms with van der Waals surface area (Å²) in [7, 11) is 1.58. The van der Waals surface area contributed by atoms with Gasteiger partial charge in [-0.05, 0) is 44.0 Å². The first-order valence-electron chi connectivity index (χ1n) is 7.60. The average Bonchev–Trinajstić information content (AvgIpc) is 2.53. The largest absolute Gasteiger partial charge is 0.550 e. The molecule has 2 rings (SSSR count). The van der Waals surface area contributed by atoms with E-state index in [1.807, 2.05) is 62.4 Å². The molecule has 0 fully saturated rings.